The van der Waals surface area contributed by atoms with Crippen molar-refractivity contribution in [2.45, 2.75) is 13.1 Å². The molecule has 0 unspecified atom stereocenters. The Bertz CT molecular complexity index is 664. The van der Waals surface area contributed by atoms with E-state index in [1.54, 1.807) is 18.2 Å². The van der Waals surface area contributed by atoms with Crippen molar-refractivity contribution < 1.29 is 18.0 Å². The molecule has 0 bridgehead atoms. The molecule has 0 aliphatic heterocycles. The van der Waals surface area contributed by atoms with Crippen LogP contribution in [-0.4, -0.2) is 5.78 Å². The van der Waals surface area contributed by atoms with Gasteiger partial charge in [-0.2, -0.15) is 13.2 Å². The second-order valence-electron chi connectivity index (χ2n) is 4.56. The van der Waals surface area contributed by atoms with Gasteiger partial charge in [0.05, 0.1) is 5.56 Å². The van der Waals surface area contributed by atoms with Crippen LogP contribution in [0, 0.1) is 0 Å². The maximum atomic E-state index is 12.5. The molecular formula is C15H13F3N2O. The van der Waals surface area contributed by atoms with Crippen LogP contribution in [0.4, 0.5) is 30.2 Å². The van der Waals surface area contributed by atoms with E-state index < -0.39 is 11.7 Å². The van der Waals surface area contributed by atoms with E-state index in [0.717, 1.165) is 12.1 Å². The fourth-order valence-electron chi connectivity index (χ4n) is 1.85. The van der Waals surface area contributed by atoms with Crippen molar-refractivity contribution in [3.8, 4) is 0 Å². The van der Waals surface area contributed by atoms with Gasteiger partial charge in [0, 0.05) is 22.6 Å². The topological polar surface area (TPSA) is 55.1 Å². The van der Waals surface area contributed by atoms with Gasteiger partial charge < -0.3 is 11.1 Å². The highest BCUT2D eigenvalue weighted by molar-refractivity contribution is 6.00. The Balaban J connectivity index is 2.22. The fraction of sp³-hybridized carbons (Fsp3) is 0.133. The zero-order chi connectivity index (χ0) is 15.6. The standard InChI is InChI=1S/C15H13F3N2O/c1-9(21)13-8-12(6-7-14(13)19)20-11-4-2-10(3-5-11)15(16,17)18/h2-8,20H,19H2,1H3. The zero-order valence-corrected chi connectivity index (χ0v) is 11.2. The predicted octanol–water partition coefficient (Wildman–Crippen LogP) is 4.23. The molecule has 21 heavy (non-hydrogen) atoms. The highest BCUT2D eigenvalue weighted by Crippen LogP contribution is 2.30. The van der Waals surface area contributed by atoms with Gasteiger partial charge >= 0.3 is 6.18 Å². The van der Waals surface area contributed by atoms with Gasteiger partial charge in [0.2, 0.25) is 0 Å². The van der Waals surface area contributed by atoms with Crippen molar-refractivity contribution in [2.75, 3.05) is 11.1 Å². The van der Waals surface area contributed by atoms with E-state index in [2.05, 4.69) is 5.32 Å². The van der Waals surface area contributed by atoms with Crippen LogP contribution < -0.4 is 11.1 Å². The number of alkyl halides is 3. The summed E-state index contributed by atoms with van der Waals surface area (Å²) in [5, 5.41) is 2.93. The first kappa shape index (κ1) is 14.9. The molecule has 3 nitrogen and oxygen atoms in total. The van der Waals surface area contributed by atoms with Crippen LogP contribution in [0.25, 0.3) is 0 Å². The number of rotatable bonds is 3. The molecule has 0 aromatic heterocycles. The molecule has 2 aromatic carbocycles. The molecule has 0 saturated carbocycles. The van der Waals surface area contributed by atoms with Crippen molar-refractivity contribution in [1.29, 1.82) is 0 Å². The molecule has 2 rings (SSSR count). The summed E-state index contributed by atoms with van der Waals surface area (Å²) in [5.74, 6) is -0.177. The number of nitrogens with two attached hydrogens (primary N) is 1. The van der Waals surface area contributed by atoms with Gasteiger partial charge in [-0.05, 0) is 49.4 Å². The summed E-state index contributed by atoms with van der Waals surface area (Å²) in [6.45, 7) is 1.40. The SMILES string of the molecule is CC(=O)c1cc(Nc2ccc(C(F)(F)F)cc2)ccc1N. The number of benzene rings is 2. The highest BCUT2D eigenvalue weighted by Gasteiger charge is 2.29. The lowest BCUT2D eigenvalue weighted by molar-refractivity contribution is -0.137. The molecule has 0 spiro atoms. The first-order valence-corrected chi connectivity index (χ1v) is 6.12. The fourth-order valence-corrected chi connectivity index (χ4v) is 1.85. The minimum Gasteiger partial charge on any atom is -0.398 e. The molecule has 0 radical (unpaired) electrons. The lowest BCUT2D eigenvalue weighted by atomic mass is 10.1. The molecule has 110 valence electrons. The number of nitrogen functional groups attached to an aromatic ring is 1. The molecule has 0 atom stereocenters. The van der Waals surface area contributed by atoms with Crippen LogP contribution >= 0.6 is 0 Å². The number of hydrogen-bond donors (Lipinski definition) is 2. The van der Waals surface area contributed by atoms with Crippen molar-refractivity contribution >= 4 is 22.8 Å². The van der Waals surface area contributed by atoms with E-state index >= 15 is 0 Å². The molecular weight excluding hydrogens is 281 g/mol. The second kappa shape index (κ2) is 5.47. The van der Waals surface area contributed by atoms with Gasteiger partial charge in [-0.25, -0.2) is 0 Å². The number of hydrogen-bond acceptors (Lipinski definition) is 3. The molecule has 0 fully saturated rings. The number of nitrogens with one attached hydrogen (secondary N) is 1. The molecule has 2 aromatic rings. The van der Waals surface area contributed by atoms with Gasteiger partial charge in [0.15, 0.2) is 5.78 Å². The molecule has 0 saturated heterocycles. The minimum atomic E-state index is -4.36. The first-order chi connectivity index (χ1) is 9.77. The summed E-state index contributed by atoms with van der Waals surface area (Å²) < 4.78 is 37.4. The van der Waals surface area contributed by atoms with E-state index in [1.807, 2.05) is 0 Å². The minimum absolute atomic E-state index is 0.177. The second-order valence-corrected chi connectivity index (χ2v) is 4.56. The summed E-state index contributed by atoms with van der Waals surface area (Å²) >= 11 is 0. The Hall–Kier alpha value is -2.50. The third-order valence-electron chi connectivity index (χ3n) is 2.93. The van der Waals surface area contributed by atoms with Gasteiger partial charge in [0.25, 0.3) is 0 Å². The third kappa shape index (κ3) is 3.53. The number of ketones is 1. The van der Waals surface area contributed by atoms with Crippen LogP contribution in [0.15, 0.2) is 42.5 Å². The van der Waals surface area contributed by atoms with E-state index in [-0.39, 0.29) is 5.78 Å². The van der Waals surface area contributed by atoms with Crippen LogP contribution in [0.5, 0.6) is 0 Å². The number of Topliss-reactive ketones (excluding diaryl/α,β-unsaturated/α-hetero) is 1. The lowest BCUT2D eigenvalue weighted by Gasteiger charge is -2.11. The van der Waals surface area contributed by atoms with Crippen LogP contribution in [0.2, 0.25) is 0 Å². The average Bonchev–Trinajstić information content (AvgIpc) is 2.40. The normalized spacial score (nSPS) is 11.2. The molecule has 0 amide bonds. The van der Waals surface area contributed by atoms with Gasteiger partial charge in [-0.3, -0.25) is 4.79 Å². The number of anilines is 3. The van der Waals surface area contributed by atoms with Gasteiger partial charge in [-0.15, -0.1) is 0 Å². The van der Waals surface area contributed by atoms with E-state index in [4.69, 9.17) is 5.73 Å². The maximum Gasteiger partial charge on any atom is 0.416 e. The molecule has 0 heterocycles. The Kier molecular flexibility index (Phi) is 3.88. The summed E-state index contributed by atoms with van der Waals surface area (Å²) in [4.78, 5) is 11.4. The summed E-state index contributed by atoms with van der Waals surface area (Å²) in [6, 6.07) is 9.42. The molecule has 0 aliphatic rings. The van der Waals surface area contributed by atoms with E-state index in [9.17, 15) is 18.0 Å². The summed E-state index contributed by atoms with van der Waals surface area (Å²) in [6.07, 6.45) is -4.36. The Morgan fingerprint density at radius 3 is 2.14 bits per heavy atom. The number of carbonyl (C=O) groups is 1. The first-order valence-electron chi connectivity index (χ1n) is 6.12. The lowest BCUT2D eigenvalue weighted by Crippen LogP contribution is -2.04. The van der Waals surface area contributed by atoms with E-state index in [1.165, 1.54) is 19.1 Å². The number of carbonyl (C=O) groups excluding carboxylic acids is 1. The Morgan fingerprint density at radius 1 is 1.05 bits per heavy atom. The van der Waals surface area contributed by atoms with Crippen molar-refractivity contribution in [3.05, 3.63) is 53.6 Å². The van der Waals surface area contributed by atoms with Crippen molar-refractivity contribution in [3.63, 3.8) is 0 Å². The maximum absolute atomic E-state index is 12.5. The zero-order valence-electron chi connectivity index (χ0n) is 11.2. The molecule has 3 N–H and O–H groups in total. The van der Waals surface area contributed by atoms with Crippen molar-refractivity contribution in [1.82, 2.24) is 0 Å². The van der Waals surface area contributed by atoms with Crippen LogP contribution in [0.3, 0.4) is 0 Å². The highest BCUT2D eigenvalue weighted by atomic mass is 19.4. The average molecular weight is 294 g/mol. The van der Waals surface area contributed by atoms with Gasteiger partial charge in [-0.1, -0.05) is 0 Å². The Morgan fingerprint density at radius 2 is 1.62 bits per heavy atom. The number of halogens is 3. The van der Waals surface area contributed by atoms with Gasteiger partial charge in [0.1, 0.15) is 0 Å². The summed E-state index contributed by atoms with van der Waals surface area (Å²) in [5.41, 5.74) is 6.76. The van der Waals surface area contributed by atoms with Crippen LogP contribution in [0.1, 0.15) is 22.8 Å². The van der Waals surface area contributed by atoms with Crippen LogP contribution in [-0.2, 0) is 6.18 Å². The predicted molar refractivity (Wildman–Crippen MR) is 75.6 cm³/mol. The largest absolute Gasteiger partial charge is 0.416 e. The third-order valence-corrected chi connectivity index (χ3v) is 2.93. The van der Waals surface area contributed by atoms with E-state index in [0.29, 0.717) is 22.6 Å². The van der Waals surface area contributed by atoms with Crippen molar-refractivity contribution in [2.24, 2.45) is 0 Å². The smallest absolute Gasteiger partial charge is 0.398 e. The Labute approximate surface area is 119 Å². The molecule has 0 aliphatic carbocycles. The molecule has 6 heteroatoms. The quantitative estimate of drug-likeness (QED) is 0.658. The summed E-state index contributed by atoms with van der Waals surface area (Å²) in [7, 11) is 0. The monoisotopic (exact) mass is 294 g/mol.